The number of rotatable bonds is 11. The Morgan fingerprint density at radius 3 is 2.17 bits per heavy atom. The average molecular weight is 260 g/mol. The van der Waals surface area contributed by atoms with E-state index in [1.807, 2.05) is 0 Å². The van der Waals surface area contributed by atoms with Crippen LogP contribution in [0.3, 0.4) is 0 Å². The molecule has 0 spiro atoms. The number of unbranched alkanes of at least 4 members (excludes halogenated alkanes) is 5. The number of carbonyl (C=O) groups is 1. The second-order valence-electron chi connectivity index (χ2n) is 4.98. The lowest BCUT2D eigenvalue weighted by Crippen LogP contribution is -2.64. The molecule has 0 aromatic carbocycles. The molecule has 7 N–H and O–H groups in total. The number of nitrogens with zero attached hydrogens (tertiary/aromatic N) is 1. The maximum Gasteiger partial charge on any atom is 0.317 e. The predicted molar refractivity (Wildman–Crippen MR) is 72.7 cm³/mol. The van der Waals surface area contributed by atoms with Gasteiger partial charge < -0.3 is 22.3 Å². The minimum atomic E-state index is -1.34. The standard InChI is InChI=1S/C12H28N4O2/c1-2-3-4-5-6-7-8-16(9-11(17)18)10-12(13,14)15/h2-10,13-15H2,1H3,(H,17,18). The van der Waals surface area contributed by atoms with Crippen LogP contribution in [-0.4, -0.2) is 41.4 Å². The van der Waals surface area contributed by atoms with Crippen LogP contribution < -0.4 is 17.2 Å². The van der Waals surface area contributed by atoms with Crippen molar-refractivity contribution in [1.29, 1.82) is 0 Å². The summed E-state index contributed by atoms with van der Waals surface area (Å²) in [6.45, 7) is 2.97. The Morgan fingerprint density at radius 2 is 1.67 bits per heavy atom. The third-order valence-electron chi connectivity index (χ3n) is 2.68. The molecule has 0 amide bonds. The second-order valence-corrected chi connectivity index (χ2v) is 4.98. The highest BCUT2D eigenvalue weighted by Gasteiger charge is 2.19. The fourth-order valence-corrected chi connectivity index (χ4v) is 1.91. The highest BCUT2D eigenvalue weighted by molar-refractivity contribution is 5.69. The first-order valence-electron chi connectivity index (χ1n) is 6.66. The zero-order valence-corrected chi connectivity index (χ0v) is 11.4. The lowest BCUT2D eigenvalue weighted by molar-refractivity contribution is -0.138. The zero-order valence-electron chi connectivity index (χ0n) is 11.4. The first kappa shape index (κ1) is 17.3. The minimum Gasteiger partial charge on any atom is -0.480 e. The van der Waals surface area contributed by atoms with Crippen molar-refractivity contribution in [2.45, 2.75) is 51.2 Å². The van der Waals surface area contributed by atoms with E-state index in [2.05, 4.69) is 6.92 Å². The first-order valence-corrected chi connectivity index (χ1v) is 6.66. The van der Waals surface area contributed by atoms with Crippen molar-refractivity contribution in [3.63, 3.8) is 0 Å². The Kier molecular flexibility index (Phi) is 8.91. The van der Waals surface area contributed by atoms with E-state index in [1.54, 1.807) is 4.90 Å². The summed E-state index contributed by atoms with van der Waals surface area (Å²) in [6, 6.07) is 0. The van der Waals surface area contributed by atoms with Crippen LogP contribution in [0, 0.1) is 0 Å². The molecule has 0 atom stereocenters. The Bertz CT molecular complexity index is 229. The third kappa shape index (κ3) is 11.8. The van der Waals surface area contributed by atoms with Gasteiger partial charge in [-0.2, -0.15) is 0 Å². The van der Waals surface area contributed by atoms with Crippen molar-refractivity contribution >= 4 is 5.97 Å². The van der Waals surface area contributed by atoms with E-state index in [9.17, 15) is 4.79 Å². The molecule has 0 rings (SSSR count). The summed E-state index contributed by atoms with van der Waals surface area (Å²) in [5.74, 6) is -2.22. The topological polar surface area (TPSA) is 119 Å². The fraction of sp³-hybridized carbons (Fsp3) is 0.917. The van der Waals surface area contributed by atoms with E-state index >= 15 is 0 Å². The number of hydrogen-bond donors (Lipinski definition) is 4. The SMILES string of the molecule is CCCCCCCCN(CC(=O)O)CC(N)(N)N. The number of aliphatic carboxylic acids is 1. The Hall–Kier alpha value is -0.690. The zero-order chi connectivity index (χ0) is 14.0. The van der Waals surface area contributed by atoms with Crippen LogP contribution in [0.5, 0.6) is 0 Å². The van der Waals surface area contributed by atoms with Gasteiger partial charge in [-0.3, -0.25) is 9.69 Å². The molecule has 0 radical (unpaired) electrons. The number of hydrogen-bond acceptors (Lipinski definition) is 5. The van der Waals surface area contributed by atoms with Gasteiger partial charge in [0, 0.05) is 6.54 Å². The van der Waals surface area contributed by atoms with Crippen LogP contribution in [0.4, 0.5) is 0 Å². The summed E-state index contributed by atoms with van der Waals surface area (Å²) in [7, 11) is 0. The van der Waals surface area contributed by atoms with Crippen LogP contribution in [-0.2, 0) is 4.79 Å². The molecule has 0 aromatic rings. The van der Waals surface area contributed by atoms with Crippen molar-refractivity contribution in [3.05, 3.63) is 0 Å². The van der Waals surface area contributed by atoms with Gasteiger partial charge in [0.25, 0.3) is 0 Å². The van der Waals surface area contributed by atoms with Crippen LogP contribution in [0.25, 0.3) is 0 Å². The Balaban J connectivity index is 3.83. The van der Waals surface area contributed by atoms with Crippen LogP contribution in [0.15, 0.2) is 0 Å². The molecular formula is C12H28N4O2. The van der Waals surface area contributed by atoms with Crippen molar-refractivity contribution in [2.75, 3.05) is 19.6 Å². The molecule has 0 unspecified atom stereocenters. The monoisotopic (exact) mass is 260 g/mol. The Labute approximate surface area is 109 Å². The first-order chi connectivity index (χ1) is 8.35. The molecule has 0 bridgehead atoms. The Morgan fingerprint density at radius 1 is 1.11 bits per heavy atom. The van der Waals surface area contributed by atoms with E-state index in [0.717, 1.165) is 12.8 Å². The van der Waals surface area contributed by atoms with Crippen LogP contribution >= 0.6 is 0 Å². The fourth-order valence-electron chi connectivity index (χ4n) is 1.91. The van der Waals surface area contributed by atoms with Crippen molar-refractivity contribution < 1.29 is 9.90 Å². The summed E-state index contributed by atoms with van der Waals surface area (Å²) in [5, 5.41) is 8.79. The van der Waals surface area contributed by atoms with Gasteiger partial charge in [-0.15, -0.1) is 0 Å². The highest BCUT2D eigenvalue weighted by atomic mass is 16.4. The maximum atomic E-state index is 10.7. The number of carboxylic acids is 1. The molecular weight excluding hydrogens is 232 g/mol. The molecule has 0 fully saturated rings. The van der Waals surface area contributed by atoms with Crippen molar-refractivity contribution in [3.8, 4) is 0 Å². The predicted octanol–water partition coefficient (Wildman–Crippen LogP) is 0.263. The molecule has 0 saturated heterocycles. The maximum absolute atomic E-state index is 10.7. The van der Waals surface area contributed by atoms with Gasteiger partial charge in [0.2, 0.25) is 0 Å². The van der Waals surface area contributed by atoms with Gasteiger partial charge in [0.1, 0.15) is 5.79 Å². The molecule has 0 saturated carbocycles. The van der Waals surface area contributed by atoms with Crippen molar-refractivity contribution in [2.24, 2.45) is 17.2 Å². The molecule has 6 nitrogen and oxygen atoms in total. The van der Waals surface area contributed by atoms with Crippen LogP contribution in [0.2, 0.25) is 0 Å². The van der Waals surface area contributed by atoms with Gasteiger partial charge in [0.05, 0.1) is 6.54 Å². The summed E-state index contributed by atoms with van der Waals surface area (Å²) < 4.78 is 0. The largest absolute Gasteiger partial charge is 0.480 e. The minimum absolute atomic E-state index is 0.0672. The lowest BCUT2D eigenvalue weighted by atomic mass is 10.1. The molecule has 0 heterocycles. The smallest absolute Gasteiger partial charge is 0.317 e. The van der Waals surface area contributed by atoms with Gasteiger partial charge in [-0.1, -0.05) is 39.0 Å². The number of nitrogens with two attached hydrogens (primary N) is 3. The molecule has 18 heavy (non-hydrogen) atoms. The second kappa shape index (κ2) is 9.27. The van der Waals surface area contributed by atoms with E-state index in [0.29, 0.717) is 6.54 Å². The molecule has 0 aromatic heterocycles. The van der Waals surface area contributed by atoms with Gasteiger partial charge >= 0.3 is 5.97 Å². The summed E-state index contributed by atoms with van der Waals surface area (Å²) >= 11 is 0. The molecule has 0 aliphatic rings. The summed E-state index contributed by atoms with van der Waals surface area (Å²) in [6.07, 6.45) is 6.96. The van der Waals surface area contributed by atoms with E-state index in [-0.39, 0.29) is 13.1 Å². The third-order valence-corrected chi connectivity index (χ3v) is 2.68. The number of carboxylic acid groups (broad SMARTS) is 1. The van der Waals surface area contributed by atoms with E-state index in [1.165, 1.54) is 25.7 Å². The van der Waals surface area contributed by atoms with Crippen LogP contribution in [0.1, 0.15) is 45.4 Å². The highest BCUT2D eigenvalue weighted by Crippen LogP contribution is 2.06. The van der Waals surface area contributed by atoms with Gasteiger partial charge in [0.15, 0.2) is 0 Å². The van der Waals surface area contributed by atoms with E-state index in [4.69, 9.17) is 22.3 Å². The molecule has 0 aliphatic heterocycles. The molecule has 0 aliphatic carbocycles. The van der Waals surface area contributed by atoms with Gasteiger partial charge in [-0.25, -0.2) is 0 Å². The lowest BCUT2D eigenvalue weighted by Gasteiger charge is -2.28. The normalized spacial score (nSPS) is 12.1. The van der Waals surface area contributed by atoms with Gasteiger partial charge in [-0.05, 0) is 13.0 Å². The summed E-state index contributed by atoms with van der Waals surface area (Å²) in [5.41, 5.74) is 16.5. The molecule has 108 valence electrons. The average Bonchev–Trinajstić information content (AvgIpc) is 2.19. The quantitative estimate of drug-likeness (QED) is 0.312. The molecule has 6 heteroatoms. The van der Waals surface area contributed by atoms with E-state index < -0.39 is 11.8 Å². The summed E-state index contributed by atoms with van der Waals surface area (Å²) in [4.78, 5) is 12.4. The van der Waals surface area contributed by atoms with Crippen molar-refractivity contribution in [1.82, 2.24) is 4.90 Å².